The van der Waals surface area contributed by atoms with Crippen LogP contribution >= 0.6 is 0 Å². The first-order valence-electron chi connectivity index (χ1n) is 6.45. The third-order valence-corrected chi connectivity index (χ3v) is 3.74. The predicted molar refractivity (Wildman–Crippen MR) is 66.2 cm³/mol. The predicted octanol–water partition coefficient (Wildman–Crippen LogP) is 0.599. The van der Waals surface area contributed by atoms with E-state index in [2.05, 4.69) is 5.10 Å². The topological polar surface area (TPSA) is 55.2 Å². The Morgan fingerprint density at radius 2 is 2.11 bits per heavy atom. The van der Waals surface area contributed by atoms with Crippen LogP contribution in [0.2, 0.25) is 0 Å². The van der Waals surface area contributed by atoms with Crippen LogP contribution in [0, 0.1) is 5.92 Å². The molecule has 5 nitrogen and oxygen atoms in total. The van der Waals surface area contributed by atoms with Gasteiger partial charge >= 0.3 is 0 Å². The van der Waals surface area contributed by atoms with Crippen molar-refractivity contribution >= 4 is 5.91 Å². The molecule has 0 spiro atoms. The van der Waals surface area contributed by atoms with Crippen molar-refractivity contribution < 1.29 is 4.79 Å². The average molecular weight is 247 g/mol. The maximum absolute atomic E-state index is 11.8. The maximum Gasteiger partial charge on any atom is 0.266 e. The number of nitrogens with zero attached hydrogens (tertiary/aromatic N) is 3. The second kappa shape index (κ2) is 4.23. The maximum atomic E-state index is 11.8. The van der Waals surface area contributed by atoms with E-state index in [1.54, 1.807) is 18.0 Å². The van der Waals surface area contributed by atoms with Crippen molar-refractivity contribution in [3.63, 3.8) is 0 Å². The third-order valence-electron chi connectivity index (χ3n) is 3.74. The summed E-state index contributed by atoms with van der Waals surface area (Å²) < 4.78 is 1.53. The number of carbonyl (C=O) groups excluding carboxylic acids is 1. The molecule has 1 saturated heterocycles. The highest BCUT2D eigenvalue weighted by Crippen LogP contribution is 2.38. The highest BCUT2D eigenvalue weighted by Gasteiger charge is 2.29. The molecule has 0 bridgehead atoms. The van der Waals surface area contributed by atoms with Gasteiger partial charge in [-0.3, -0.25) is 9.59 Å². The molecule has 1 saturated carbocycles. The van der Waals surface area contributed by atoms with E-state index in [4.69, 9.17) is 0 Å². The SMILES string of the molecule is CN1CC(Cn2nc(C3CC3)ccc2=O)CC1=O. The number of carbonyl (C=O) groups is 1. The molecule has 2 aliphatic rings. The number of hydrogen-bond donors (Lipinski definition) is 0. The Morgan fingerprint density at radius 1 is 1.33 bits per heavy atom. The highest BCUT2D eigenvalue weighted by molar-refractivity contribution is 5.78. The van der Waals surface area contributed by atoms with E-state index in [0.29, 0.717) is 18.9 Å². The van der Waals surface area contributed by atoms with Gasteiger partial charge in [-0.05, 0) is 18.9 Å². The second-order valence-electron chi connectivity index (χ2n) is 5.40. The van der Waals surface area contributed by atoms with E-state index in [1.807, 2.05) is 6.07 Å². The Kier molecular flexibility index (Phi) is 2.69. The van der Waals surface area contributed by atoms with Crippen molar-refractivity contribution in [2.24, 2.45) is 5.92 Å². The third kappa shape index (κ3) is 2.17. The number of rotatable bonds is 3. The first-order valence-corrected chi connectivity index (χ1v) is 6.45. The monoisotopic (exact) mass is 247 g/mol. The minimum absolute atomic E-state index is 0.0681. The van der Waals surface area contributed by atoms with Gasteiger partial charge in [-0.25, -0.2) is 4.68 Å². The van der Waals surface area contributed by atoms with Gasteiger partial charge in [0.05, 0.1) is 5.69 Å². The molecule has 1 aliphatic heterocycles. The standard InChI is InChI=1S/C13H17N3O2/c1-15-7-9(6-13(15)18)8-16-12(17)5-4-11(14-16)10-2-3-10/h4-5,9-10H,2-3,6-8H2,1H3. The lowest BCUT2D eigenvalue weighted by molar-refractivity contribution is -0.126. The summed E-state index contributed by atoms with van der Waals surface area (Å²) >= 11 is 0. The molecule has 1 aromatic heterocycles. The fraction of sp³-hybridized carbons (Fsp3) is 0.615. The Morgan fingerprint density at radius 3 is 2.72 bits per heavy atom. The molecule has 2 fully saturated rings. The fourth-order valence-corrected chi connectivity index (χ4v) is 2.52. The van der Waals surface area contributed by atoms with Crippen molar-refractivity contribution in [3.8, 4) is 0 Å². The summed E-state index contributed by atoms with van der Waals surface area (Å²) in [7, 11) is 1.80. The van der Waals surface area contributed by atoms with Gasteiger partial charge in [0.1, 0.15) is 0 Å². The normalized spacial score (nSPS) is 23.7. The lowest BCUT2D eigenvalue weighted by Gasteiger charge is -2.12. The summed E-state index contributed by atoms with van der Waals surface area (Å²) in [6, 6.07) is 3.43. The molecule has 1 atom stereocenters. The van der Waals surface area contributed by atoms with Gasteiger partial charge in [0.25, 0.3) is 5.56 Å². The summed E-state index contributed by atoms with van der Waals surface area (Å²) in [4.78, 5) is 25.0. The van der Waals surface area contributed by atoms with E-state index in [9.17, 15) is 9.59 Å². The molecular formula is C13H17N3O2. The molecular weight excluding hydrogens is 230 g/mol. The van der Waals surface area contributed by atoms with Crippen LogP contribution in [0.25, 0.3) is 0 Å². The molecule has 1 unspecified atom stereocenters. The number of amides is 1. The van der Waals surface area contributed by atoms with Gasteiger partial charge in [0.2, 0.25) is 5.91 Å². The zero-order chi connectivity index (χ0) is 12.7. The van der Waals surface area contributed by atoms with Gasteiger partial charge in [0, 0.05) is 44.5 Å². The summed E-state index contributed by atoms with van der Waals surface area (Å²) in [5.74, 6) is 0.915. The Labute approximate surface area is 105 Å². The largest absolute Gasteiger partial charge is 0.345 e. The van der Waals surface area contributed by atoms with Gasteiger partial charge < -0.3 is 4.90 Å². The van der Waals surface area contributed by atoms with Crippen LogP contribution in [-0.4, -0.2) is 34.2 Å². The van der Waals surface area contributed by atoms with Crippen LogP contribution in [0.4, 0.5) is 0 Å². The summed E-state index contributed by atoms with van der Waals surface area (Å²) in [6.07, 6.45) is 2.88. The minimum atomic E-state index is -0.0681. The number of aromatic nitrogens is 2. The first-order chi connectivity index (χ1) is 8.63. The molecule has 18 heavy (non-hydrogen) atoms. The summed E-state index contributed by atoms with van der Waals surface area (Å²) in [5, 5.41) is 4.42. The molecule has 96 valence electrons. The van der Waals surface area contributed by atoms with E-state index in [0.717, 1.165) is 12.2 Å². The molecule has 1 amide bonds. The van der Waals surface area contributed by atoms with Gasteiger partial charge in [-0.1, -0.05) is 0 Å². The van der Waals surface area contributed by atoms with Gasteiger partial charge in [0.15, 0.2) is 0 Å². The summed E-state index contributed by atoms with van der Waals surface area (Å²) in [5.41, 5.74) is 0.952. The van der Waals surface area contributed by atoms with Gasteiger partial charge in [-0.15, -0.1) is 0 Å². The summed E-state index contributed by atoms with van der Waals surface area (Å²) in [6.45, 7) is 1.27. The molecule has 1 aliphatic carbocycles. The number of likely N-dealkylation sites (tertiary alicyclic amines) is 1. The molecule has 0 aromatic carbocycles. The zero-order valence-corrected chi connectivity index (χ0v) is 10.5. The first kappa shape index (κ1) is 11.4. The van der Waals surface area contributed by atoms with Crippen molar-refractivity contribution in [3.05, 3.63) is 28.2 Å². The molecule has 5 heteroatoms. The smallest absolute Gasteiger partial charge is 0.266 e. The van der Waals surface area contributed by atoms with Crippen LogP contribution in [0.5, 0.6) is 0 Å². The van der Waals surface area contributed by atoms with Crippen LogP contribution in [0.1, 0.15) is 30.9 Å². The quantitative estimate of drug-likeness (QED) is 0.786. The van der Waals surface area contributed by atoms with Crippen LogP contribution in [0.3, 0.4) is 0 Å². The van der Waals surface area contributed by atoms with E-state index in [-0.39, 0.29) is 17.4 Å². The van der Waals surface area contributed by atoms with Crippen molar-refractivity contribution in [1.29, 1.82) is 0 Å². The average Bonchev–Trinajstić information content (AvgIpc) is 3.11. The lowest BCUT2D eigenvalue weighted by Crippen LogP contribution is -2.27. The lowest BCUT2D eigenvalue weighted by atomic mass is 10.1. The Bertz CT molecular complexity index is 533. The molecule has 0 radical (unpaired) electrons. The van der Waals surface area contributed by atoms with E-state index >= 15 is 0 Å². The second-order valence-corrected chi connectivity index (χ2v) is 5.40. The molecule has 0 N–H and O–H groups in total. The van der Waals surface area contributed by atoms with Crippen molar-refractivity contribution in [1.82, 2.24) is 14.7 Å². The van der Waals surface area contributed by atoms with Crippen LogP contribution in [0.15, 0.2) is 16.9 Å². The minimum Gasteiger partial charge on any atom is -0.345 e. The van der Waals surface area contributed by atoms with Crippen LogP contribution < -0.4 is 5.56 Å². The van der Waals surface area contributed by atoms with Crippen molar-refractivity contribution in [2.75, 3.05) is 13.6 Å². The zero-order valence-electron chi connectivity index (χ0n) is 10.5. The molecule has 1 aromatic rings. The van der Waals surface area contributed by atoms with Crippen LogP contribution in [-0.2, 0) is 11.3 Å². The molecule has 2 heterocycles. The highest BCUT2D eigenvalue weighted by atomic mass is 16.2. The Hall–Kier alpha value is -1.65. The number of hydrogen-bond acceptors (Lipinski definition) is 3. The fourth-order valence-electron chi connectivity index (χ4n) is 2.52. The van der Waals surface area contributed by atoms with E-state index in [1.165, 1.54) is 17.5 Å². The molecule has 3 rings (SSSR count). The van der Waals surface area contributed by atoms with E-state index < -0.39 is 0 Å². The van der Waals surface area contributed by atoms with Gasteiger partial charge in [-0.2, -0.15) is 5.10 Å². The Balaban J connectivity index is 1.77. The van der Waals surface area contributed by atoms with Crippen molar-refractivity contribution in [2.45, 2.75) is 31.7 Å².